The van der Waals surface area contributed by atoms with Crippen LogP contribution in [0.1, 0.15) is 31.7 Å². The monoisotopic (exact) mass is 348 g/mol. The number of amides is 1. The Balaban J connectivity index is 2.03. The topological polar surface area (TPSA) is 65.2 Å². The first-order chi connectivity index (χ1) is 12.5. The highest BCUT2D eigenvalue weighted by Crippen LogP contribution is 2.35. The summed E-state index contributed by atoms with van der Waals surface area (Å²) in [6.07, 6.45) is 0.283. The average Bonchev–Trinajstić information content (AvgIpc) is 2.65. The molecule has 0 spiro atoms. The van der Waals surface area contributed by atoms with Crippen LogP contribution < -0.4 is 10.5 Å². The molecule has 1 atom stereocenters. The van der Waals surface area contributed by atoms with Crippen LogP contribution in [0.25, 0.3) is 22.0 Å². The maximum absolute atomic E-state index is 11.5. The highest BCUT2D eigenvalue weighted by molar-refractivity contribution is 5.86. The first-order valence-electron chi connectivity index (χ1n) is 8.82. The minimum absolute atomic E-state index is 0.0133. The van der Waals surface area contributed by atoms with Crippen LogP contribution in [0.15, 0.2) is 54.6 Å². The first kappa shape index (κ1) is 17.9. The second-order valence-electron chi connectivity index (χ2n) is 6.88. The lowest BCUT2D eigenvalue weighted by atomic mass is 9.85. The number of carbonyl (C=O) groups is 1. The van der Waals surface area contributed by atoms with E-state index >= 15 is 0 Å². The number of pyridine rings is 1. The minimum atomic E-state index is -0.315. The lowest BCUT2D eigenvalue weighted by Gasteiger charge is -2.22. The van der Waals surface area contributed by atoms with E-state index in [0.29, 0.717) is 5.88 Å². The van der Waals surface area contributed by atoms with E-state index in [0.717, 1.165) is 16.8 Å². The molecule has 4 heteroatoms. The Morgan fingerprint density at radius 2 is 1.81 bits per heavy atom. The van der Waals surface area contributed by atoms with E-state index in [9.17, 15) is 4.79 Å². The molecule has 0 aliphatic rings. The average molecular weight is 348 g/mol. The van der Waals surface area contributed by atoms with Crippen molar-refractivity contribution in [3.05, 3.63) is 60.2 Å². The Labute approximate surface area is 154 Å². The molecule has 1 aromatic heterocycles. The third kappa shape index (κ3) is 3.69. The van der Waals surface area contributed by atoms with Crippen LogP contribution >= 0.6 is 0 Å². The zero-order chi connectivity index (χ0) is 18.7. The first-order valence-corrected chi connectivity index (χ1v) is 8.82. The van der Waals surface area contributed by atoms with Crippen molar-refractivity contribution in [1.82, 2.24) is 4.98 Å². The van der Waals surface area contributed by atoms with E-state index in [1.165, 1.54) is 10.8 Å². The molecule has 134 valence electrons. The number of methoxy groups -OCH3 is 1. The molecule has 4 nitrogen and oxygen atoms in total. The minimum Gasteiger partial charge on any atom is -0.481 e. The second kappa shape index (κ2) is 7.56. The summed E-state index contributed by atoms with van der Waals surface area (Å²) in [5, 5.41) is 2.37. The van der Waals surface area contributed by atoms with Gasteiger partial charge in [0.05, 0.1) is 12.8 Å². The third-order valence-electron chi connectivity index (χ3n) is 4.75. The van der Waals surface area contributed by atoms with Gasteiger partial charge >= 0.3 is 0 Å². The van der Waals surface area contributed by atoms with E-state index in [1.54, 1.807) is 7.11 Å². The van der Waals surface area contributed by atoms with Crippen LogP contribution in [0.5, 0.6) is 5.88 Å². The standard InChI is InChI=1S/C22H24N2O2/c1-14(2)19(13-21(23)25)18-10-11-20(24-22(18)26-3)17-9-8-15-6-4-5-7-16(15)12-17/h4-12,14,19H,13H2,1-3H3,(H2,23,25). The molecule has 2 N–H and O–H groups in total. The van der Waals surface area contributed by atoms with Gasteiger partial charge in [0.2, 0.25) is 11.8 Å². The van der Waals surface area contributed by atoms with Gasteiger partial charge in [-0.15, -0.1) is 0 Å². The number of primary amides is 1. The maximum atomic E-state index is 11.5. The van der Waals surface area contributed by atoms with Gasteiger partial charge in [0.1, 0.15) is 0 Å². The summed E-state index contributed by atoms with van der Waals surface area (Å²) in [6, 6.07) is 18.5. The molecule has 3 aromatic rings. The second-order valence-corrected chi connectivity index (χ2v) is 6.88. The van der Waals surface area contributed by atoms with Crippen LogP contribution in [0, 0.1) is 5.92 Å². The number of fused-ring (bicyclic) bond motifs is 1. The van der Waals surface area contributed by atoms with Gasteiger partial charge < -0.3 is 10.5 Å². The van der Waals surface area contributed by atoms with E-state index in [2.05, 4.69) is 44.2 Å². The Morgan fingerprint density at radius 1 is 1.08 bits per heavy atom. The van der Waals surface area contributed by atoms with Crippen molar-refractivity contribution in [1.29, 1.82) is 0 Å². The predicted octanol–water partition coefficient (Wildman–Crippen LogP) is 4.53. The number of ether oxygens (including phenoxy) is 1. The molecule has 0 fully saturated rings. The number of rotatable bonds is 6. The van der Waals surface area contributed by atoms with E-state index in [1.807, 2.05) is 24.3 Å². The molecule has 1 unspecified atom stereocenters. The normalized spacial score (nSPS) is 12.3. The third-order valence-corrected chi connectivity index (χ3v) is 4.75. The summed E-state index contributed by atoms with van der Waals surface area (Å²) in [4.78, 5) is 16.2. The largest absolute Gasteiger partial charge is 0.481 e. The maximum Gasteiger partial charge on any atom is 0.218 e. The van der Waals surface area contributed by atoms with Gasteiger partial charge in [-0.05, 0) is 28.8 Å². The lowest BCUT2D eigenvalue weighted by molar-refractivity contribution is -0.118. The van der Waals surface area contributed by atoms with Crippen molar-refractivity contribution < 1.29 is 9.53 Å². The summed E-state index contributed by atoms with van der Waals surface area (Å²) < 4.78 is 5.54. The van der Waals surface area contributed by atoms with Crippen molar-refractivity contribution in [2.75, 3.05) is 7.11 Å². The van der Waals surface area contributed by atoms with Crippen LogP contribution in [0.4, 0.5) is 0 Å². The number of benzene rings is 2. The zero-order valence-electron chi connectivity index (χ0n) is 15.4. The number of aromatic nitrogens is 1. The highest BCUT2D eigenvalue weighted by Gasteiger charge is 2.23. The van der Waals surface area contributed by atoms with Gasteiger partial charge in [0.25, 0.3) is 0 Å². The van der Waals surface area contributed by atoms with Gasteiger partial charge in [0, 0.05) is 23.5 Å². The molecule has 0 aliphatic heterocycles. The number of hydrogen-bond acceptors (Lipinski definition) is 3. The number of hydrogen-bond donors (Lipinski definition) is 1. The van der Waals surface area contributed by atoms with Crippen LogP contribution in [-0.2, 0) is 4.79 Å². The van der Waals surface area contributed by atoms with Crippen molar-refractivity contribution in [3.8, 4) is 17.1 Å². The molecule has 0 bridgehead atoms. The van der Waals surface area contributed by atoms with Crippen LogP contribution in [0.2, 0.25) is 0 Å². The molecule has 1 heterocycles. The number of nitrogens with two attached hydrogens (primary N) is 1. The SMILES string of the molecule is COc1nc(-c2ccc3ccccc3c2)ccc1C(CC(N)=O)C(C)C. The van der Waals surface area contributed by atoms with E-state index < -0.39 is 0 Å². The summed E-state index contributed by atoms with van der Waals surface area (Å²) >= 11 is 0. The van der Waals surface area contributed by atoms with Gasteiger partial charge in [-0.3, -0.25) is 4.79 Å². The van der Waals surface area contributed by atoms with Crippen molar-refractivity contribution in [2.24, 2.45) is 11.7 Å². The molecule has 0 saturated heterocycles. The lowest BCUT2D eigenvalue weighted by Crippen LogP contribution is -2.19. The van der Waals surface area contributed by atoms with Crippen molar-refractivity contribution in [3.63, 3.8) is 0 Å². The van der Waals surface area contributed by atoms with Crippen molar-refractivity contribution >= 4 is 16.7 Å². The number of carbonyl (C=O) groups excluding carboxylic acids is 1. The van der Waals surface area contributed by atoms with Gasteiger partial charge in [-0.25, -0.2) is 4.98 Å². The molecule has 2 aromatic carbocycles. The van der Waals surface area contributed by atoms with E-state index in [4.69, 9.17) is 15.5 Å². The molecule has 26 heavy (non-hydrogen) atoms. The summed E-state index contributed by atoms with van der Waals surface area (Å²) in [5.41, 5.74) is 8.23. The zero-order valence-corrected chi connectivity index (χ0v) is 15.4. The smallest absolute Gasteiger partial charge is 0.218 e. The molecular weight excluding hydrogens is 324 g/mol. The van der Waals surface area contributed by atoms with Gasteiger partial charge in [-0.1, -0.05) is 56.3 Å². The van der Waals surface area contributed by atoms with Crippen LogP contribution in [-0.4, -0.2) is 18.0 Å². The summed E-state index contributed by atoms with van der Waals surface area (Å²) in [7, 11) is 1.61. The molecule has 0 radical (unpaired) electrons. The molecular formula is C22H24N2O2. The van der Waals surface area contributed by atoms with Crippen LogP contribution in [0.3, 0.4) is 0 Å². The highest BCUT2D eigenvalue weighted by atomic mass is 16.5. The predicted molar refractivity (Wildman–Crippen MR) is 105 cm³/mol. The van der Waals surface area contributed by atoms with Crippen molar-refractivity contribution in [2.45, 2.75) is 26.2 Å². The van der Waals surface area contributed by atoms with E-state index in [-0.39, 0.29) is 24.2 Å². The Kier molecular flexibility index (Phi) is 5.21. The van der Waals surface area contributed by atoms with Gasteiger partial charge in [0.15, 0.2) is 0 Å². The fourth-order valence-electron chi connectivity index (χ4n) is 3.33. The number of nitrogens with zero attached hydrogens (tertiary/aromatic N) is 1. The molecule has 1 amide bonds. The summed E-state index contributed by atoms with van der Waals surface area (Å²) in [6.45, 7) is 4.15. The fraction of sp³-hybridized carbons (Fsp3) is 0.273. The Bertz CT molecular complexity index is 934. The Hall–Kier alpha value is -2.88. The molecule has 0 saturated carbocycles. The Morgan fingerprint density at radius 3 is 2.46 bits per heavy atom. The quantitative estimate of drug-likeness (QED) is 0.712. The molecule has 0 aliphatic carbocycles. The van der Waals surface area contributed by atoms with Gasteiger partial charge in [-0.2, -0.15) is 0 Å². The summed E-state index contributed by atoms with van der Waals surface area (Å²) in [5.74, 6) is 0.477. The fourth-order valence-corrected chi connectivity index (χ4v) is 3.33. The molecule has 3 rings (SSSR count).